The van der Waals surface area contributed by atoms with E-state index in [9.17, 15) is 24.3 Å². The molecule has 15 heteroatoms. The summed E-state index contributed by atoms with van der Waals surface area (Å²) in [6.07, 6.45) is -0.0989. The molecule has 2 aromatic heterocycles. The SMILES string of the molecule is Cc1[nH]c(C(=O)NC2[C@H]3CN(c4nc(CC(=O)N5CCC(NC(=O)OC(C)(C)C)C5)c(C(=O)O)s4)C[C@@H]23)c(Cl)c1Cl. The zero-order chi connectivity index (χ0) is 29.8. The maximum Gasteiger partial charge on any atom is 0.407 e. The molecule has 0 aromatic carbocycles. The highest BCUT2D eigenvalue weighted by Crippen LogP contribution is 2.48. The highest BCUT2D eigenvalue weighted by molar-refractivity contribution is 7.17. The van der Waals surface area contributed by atoms with Crippen LogP contribution in [0.4, 0.5) is 9.93 Å². The molecule has 2 saturated heterocycles. The van der Waals surface area contributed by atoms with E-state index in [2.05, 4.69) is 20.6 Å². The Balaban J connectivity index is 1.16. The molecular formula is C26H32Cl2N6O6S. The van der Waals surface area contributed by atoms with Gasteiger partial charge in [-0.2, -0.15) is 0 Å². The number of hydrogen-bond acceptors (Lipinski definition) is 8. The molecule has 3 fully saturated rings. The Kier molecular flexibility index (Phi) is 7.90. The van der Waals surface area contributed by atoms with Crippen LogP contribution in [0.5, 0.6) is 0 Å². The van der Waals surface area contributed by atoms with Crippen molar-refractivity contribution in [1.82, 2.24) is 25.5 Å². The van der Waals surface area contributed by atoms with Gasteiger partial charge in [0, 0.05) is 49.8 Å². The van der Waals surface area contributed by atoms with Crippen LogP contribution in [-0.4, -0.2) is 87.7 Å². The summed E-state index contributed by atoms with van der Waals surface area (Å²) in [4.78, 5) is 60.9. The summed E-state index contributed by atoms with van der Waals surface area (Å²) < 4.78 is 5.29. The molecule has 3 aliphatic rings. The summed E-state index contributed by atoms with van der Waals surface area (Å²) in [5.74, 6) is -1.29. The van der Waals surface area contributed by atoms with E-state index in [0.717, 1.165) is 11.3 Å². The normalized spacial score (nSPS) is 23.4. The van der Waals surface area contributed by atoms with Gasteiger partial charge in [0.15, 0.2) is 5.13 Å². The van der Waals surface area contributed by atoms with Crippen molar-refractivity contribution >= 4 is 63.5 Å². The van der Waals surface area contributed by atoms with Crippen molar-refractivity contribution in [2.24, 2.45) is 11.8 Å². The van der Waals surface area contributed by atoms with Gasteiger partial charge in [-0.1, -0.05) is 34.5 Å². The fraction of sp³-hybridized carbons (Fsp3) is 0.577. The van der Waals surface area contributed by atoms with E-state index in [-0.39, 0.29) is 63.4 Å². The van der Waals surface area contributed by atoms with Crippen LogP contribution in [0, 0.1) is 18.8 Å². The van der Waals surface area contributed by atoms with Crippen LogP contribution in [-0.2, 0) is 16.0 Å². The summed E-state index contributed by atoms with van der Waals surface area (Å²) in [7, 11) is 0. The van der Waals surface area contributed by atoms with Gasteiger partial charge in [-0.25, -0.2) is 14.6 Å². The molecular weight excluding hydrogens is 595 g/mol. The van der Waals surface area contributed by atoms with Gasteiger partial charge in [0.2, 0.25) is 5.91 Å². The molecule has 0 bridgehead atoms. The quantitative estimate of drug-likeness (QED) is 0.364. The average Bonchev–Trinajstić information content (AvgIpc) is 3.41. The number of carboxylic acids is 1. The Labute approximate surface area is 250 Å². The summed E-state index contributed by atoms with van der Waals surface area (Å²) in [5, 5.41) is 16.6. The minimum Gasteiger partial charge on any atom is -0.477 e. The third-order valence-corrected chi connectivity index (χ3v) is 9.60. The van der Waals surface area contributed by atoms with Crippen molar-refractivity contribution in [3.8, 4) is 0 Å². The molecule has 3 amide bonds. The lowest BCUT2D eigenvalue weighted by atomic mass is 10.2. The third-order valence-electron chi connectivity index (χ3n) is 7.50. The number of piperidine rings is 1. The molecule has 4 heterocycles. The molecule has 2 aromatic rings. The Hall–Kier alpha value is -3.03. The number of aromatic nitrogens is 2. The molecule has 5 rings (SSSR count). The Morgan fingerprint density at radius 3 is 2.39 bits per heavy atom. The number of halogens is 2. The molecule has 0 spiro atoms. The van der Waals surface area contributed by atoms with Gasteiger partial charge in [-0.3, -0.25) is 9.59 Å². The number of H-pyrrole nitrogens is 1. The number of fused-ring (bicyclic) bond motifs is 1. The van der Waals surface area contributed by atoms with Crippen LogP contribution in [0.2, 0.25) is 10.0 Å². The Bertz CT molecular complexity index is 1390. The molecule has 1 aliphatic carbocycles. The van der Waals surface area contributed by atoms with Crippen LogP contribution in [0.3, 0.4) is 0 Å². The van der Waals surface area contributed by atoms with Gasteiger partial charge < -0.3 is 35.3 Å². The van der Waals surface area contributed by atoms with E-state index < -0.39 is 17.7 Å². The highest BCUT2D eigenvalue weighted by Gasteiger charge is 2.57. The molecule has 1 saturated carbocycles. The minimum atomic E-state index is -1.13. The number of thiazole rings is 1. The minimum absolute atomic E-state index is 0.0189. The van der Waals surface area contributed by atoms with Crippen molar-refractivity contribution in [1.29, 1.82) is 0 Å². The van der Waals surface area contributed by atoms with Gasteiger partial charge in [-0.05, 0) is 34.1 Å². The molecule has 2 aliphatic heterocycles. The summed E-state index contributed by atoms with van der Waals surface area (Å²) >= 11 is 13.3. The molecule has 4 N–H and O–H groups in total. The number of ether oxygens (including phenoxy) is 1. The number of rotatable bonds is 7. The van der Waals surface area contributed by atoms with Gasteiger partial charge in [0.1, 0.15) is 16.2 Å². The van der Waals surface area contributed by atoms with Gasteiger partial charge >= 0.3 is 12.1 Å². The van der Waals surface area contributed by atoms with E-state index in [1.54, 1.807) is 32.6 Å². The van der Waals surface area contributed by atoms with Crippen LogP contribution in [0.1, 0.15) is 58.7 Å². The smallest absolute Gasteiger partial charge is 0.407 e. The first-order valence-corrected chi connectivity index (χ1v) is 14.9. The van der Waals surface area contributed by atoms with Crippen molar-refractivity contribution in [2.45, 2.75) is 58.2 Å². The van der Waals surface area contributed by atoms with Crippen molar-refractivity contribution < 1.29 is 29.0 Å². The second-order valence-corrected chi connectivity index (χ2v) is 13.4. The molecule has 41 heavy (non-hydrogen) atoms. The number of aromatic amines is 1. The number of nitrogens with one attached hydrogen (secondary N) is 3. The number of amides is 3. The first-order valence-electron chi connectivity index (χ1n) is 13.3. The number of likely N-dealkylation sites (tertiary alicyclic amines) is 1. The maximum atomic E-state index is 13.0. The molecule has 12 nitrogen and oxygen atoms in total. The van der Waals surface area contributed by atoms with Crippen LogP contribution in [0.15, 0.2) is 0 Å². The number of aromatic carboxylic acids is 1. The van der Waals surface area contributed by atoms with Crippen LogP contribution >= 0.6 is 34.5 Å². The molecule has 222 valence electrons. The third kappa shape index (κ3) is 6.26. The standard InChI is InChI=1S/C26H32Cl2N6O6S/c1-11-17(27)18(28)20(29-11)22(36)32-19-13-9-34(10-14(13)19)24-31-15(21(41-24)23(37)38)7-16(35)33-6-5-12(8-33)30-25(39)40-26(2,3)4/h12-14,19,29H,5-10H2,1-4H3,(H,30,39)(H,32,36)(H,37,38)/t12?,13-,14+,19?. The number of anilines is 1. The van der Waals surface area contributed by atoms with E-state index >= 15 is 0 Å². The number of hydrogen-bond donors (Lipinski definition) is 4. The molecule has 4 atom stereocenters. The largest absolute Gasteiger partial charge is 0.477 e. The number of carbonyl (C=O) groups is 4. The first-order chi connectivity index (χ1) is 19.2. The van der Waals surface area contributed by atoms with E-state index in [4.69, 9.17) is 27.9 Å². The zero-order valence-corrected chi connectivity index (χ0v) is 25.4. The number of carboxylic acid groups (broad SMARTS) is 1. The first kappa shape index (κ1) is 29.5. The zero-order valence-electron chi connectivity index (χ0n) is 23.0. The van der Waals surface area contributed by atoms with Crippen molar-refractivity contribution in [3.05, 3.63) is 32.0 Å². The van der Waals surface area contributed by atoms with Crippen molar-refractivity contribution in [2.75, 3.05) is 31.1 Å². The second kappa shape index (κ2) is 11.0. The van der Waals surface area contributed by atoms with Gasteiger partial charge in [-0.15, -0.1) is 0 Å². The predicted octanol–water partition coefficient (Wildman–Crippen LogP) is 3.32. The number of carbonyl (C=O) groups excluding carboxylic acids is 3. The monoisotopic (exact) mass is 626 g/mol. The lowest BCUT2D eigenvalue weighted by Gasteiger charge is -2.22. The van der Waals surface area contributed by atoms with Crippen LogP contribution < -0.4 is 15.5 Å². The average molecular weight is 628 g/mol. The van der Waals surface area contributed by atoms with E-state index in [1.165, 1.54) is 0 Å². The summed E-state index contributed by atoms with van der Waals surface area (Å²) in [5.41, 5.74) is 0.466. The van der Waals surface area contributed by atoms with Crippen LogP contribution in [0.25, 0.3) is 0 Å². The topological polar surface area (TPSA) is 157 Å². The summed E-state index contributed by atoms with van der Waals surface area (Å²) in [6.45, 7) is 9.05. The number of alkyl carbamates (subject to hydrolysis) is 1. The van der Waals surface area contributed by atoms with Gasteiger partial charge in [0.05, 0.1) is 28.2 Å². The maximum absolute atomic E-state index is 13.0. The molecule has 2 unspecified atom stereocenters. The Morgan fingerprint density at radius 1 is 1.12 bits per heavy atom. The van der Waals surface area contributed by atoms with E-state index in [1.807, 2.05) is 4.90 Å². The highest BCUT2D eigenvalue weighted by atomic mass is 35.5. The fourth-order valence-corrected chi connectivity index (χ4v) is 6.80. The predicted molar refractivity (Wildman–Crippen MR) is 153 cm³/mol. The number of nitrogens with zero attached hydrogens (tertiary/aromatic N) is 3. The van der Waals surface area contributed by atoms with Gasteiger partial charge in [0.25, 0.3) is 5.91 Å². The fourth-order valence-electron chi connectivity index (χ4n) is 5.44. The van der Waals surface area contributed by atoms with E-state index in [0.29, 0.717) is 48.4 Å². The van der Waals surface area contributed by atoms with Crippen molar-refractivity contribution in [3.63, 3.8) is 0 Å². The lowest BCUT2D eigenvalue weighted by Crippen LogP contribution is -2.41. The second-order valence-electron chi connectivity index (χ2n) is 11.7. The summed E-state index contributed by atoms with van der Waals surface area (Å²) in [6, 6.07) is -0.257. The lowest BCUT2D eigenvalue weighted by molar-refractivity contribution is -0.129. The number of aryl methyl sites for hydroxylation is 1. The molecule has 0 radical (unpaired) electrons. The Morgan fingerprint density at radius 2 is 1.80 bits per heavy atom.